The fraction of sp³-hybridized carbons (Fsp3) is 0.419. The zero-order valence-electron chi connectivity index (χ0n) is 19.3. The van der Waals surface area contributed by atoms with Crippen LogP contribution >= 0.6 is 0 Å². The average Bonchev–Trinajstić information content (AvgIpc) is 2.83. The first kappa shape index (κ1) is 21.7. The Hall–Kier alpha value is -2.52. The first-order valence-electron chi connectivity index (χ1n) is 12.4. The molecule has 0 N–H and O–H groups in total. The molecule has 0 heterocycles. The van der Waals surface area contributed by atoms with Crippen molar-refractivity contribution < 1.29 is 0 Å². The van der Waals surface area contributed by atoms with Gasteiger partial charge in [0.05, 0.1) is 0 Å². The monoisotopic (exact) mass is 408 g/mol. The van der Waals surface area contributed by atoms with Crippen LogP contribution in [0.15, 0.2) is 60.7 Å². The topological polar surface area (TPSA) is 0 Å². The van der Waals surface area contributed by atoms with Crippen molar-refractivity contribution in [1.29, 1.82) is 0 Å². The molecule has 0 unspecified atom stereocenters. The number of rotatable bonds is 6. The van der Waals surface area contributed by atoms with E-state index in [0.717, 1.165) is 23.0 Å². The number of hydrogen-bond donors (Lipinski definition) is 0. The fourth-order valence-electron chi connectivity index (χ4n) is 4.99. The van der Waals surface area contributed by atoms with E-state index in [2.05, 4.69) is 86.4 Å². The van der Waals surface area contributed by atoms with Crippen LogP contribution < -0.4 is 0 Å². The summed E-state index contributed by atoms with van der Waals surface area (Å²) in [7, 11) is 0. The predicted octanol–water partition coefficient (Wildman–Crippen LogP) is 8.66. The highest BCUT2D eigenvalue weighted by Gasteiger charge is 2.20. The van der Waals surface area contributed by atoms with Crippen molar-refractivity contribution in [3.8, 4) is 11.8 Å². The molecule has 0 amide bonds. The van der Waals surface area contributed by atoms with Crippen LogP contribution in [0.5, 0.6) is 0 Å². The molecule has 0 nitrogen and oxygen atoms in total. The number of hydrogen-bond acceptors (Lipinski definition) is 0. The number of aryl methyl sites for hydroxylation is 1. The van der Waals surface area contributed by atoms with Crippen molar-refractivity contribution in [3.63, 3.8) is 0 Å². The minimum atomic E-state index is 0.747. The van der Waals surface area contributed by atoms with Gasteiger partial charge in [0.15, 0.2) is 0 Å². The highest BCUT2D eigenvalue weighted by Crippen LogP contribution is 2.36. The molecule has 1 aliphatic rings. The van der Waals surface area contributed by atoms with Gasteiger partial charge in [-0.2, -0.15) is 0 Å². The summed E-state index contributed by atoms with van der Waals surface area (Å²) in [4.78, 5) is 0. The highest BCUT2D eigenvalue weighted by atomic mass is 14.3. The minimum Gasteiger partial charge on any atom is -0.0654 e. The van der Waals surface area contributed by atoms with Crippen LogP contribution in [0.3, 0.4) is 0 Å². The first-order chi connectivity index (χ1) is 15.2. The van der Waals surface area contributed by atoms with Crippen molar-refractivity contribution in [3.05, 3.63) is 82.9 Å². The van der Waals surface area contributed by atoms with E-state index in [1.54, 1.807) is 0 Å². The molecule has 0 spiro atoms. The summed E-state index contributed by atoms with van der Waals surface area (Å²) in [6.45, 7) is 4.59. The smallest absolute Gasteiger partial charge is 0.0255 e. The van der Waals surface area contributed by atoms with E-state index in [4.69, 9.17) is 0 Å². The summed E-state index contributed by atoms with van der Waals surface area (Å²) in [6, 6.07) is 22.5. The van der Waals surface area contributed by atoms with Gasteiger partial charge in [0.1, 0.15) is 0 Å². The van der Waals surface area contributed by atoms with Crippen molar-refractivity contribution in [2.45, 2.75) is 77.6 Å². The summed E-state index contributed by atoms with van der Waals surface area (Å²) >= 11 is 0. The van der Waals surface area contributed by atoms with Gasteiger partial charge in [0, 0.05) is 11.1 Å². The molecule has 1 saturated carbocycles. The van der Waals surface area contributed by atoms with E-state index < -0.39 is 0 Å². The zero-order valence-corrected chi connectivity index (χ0v) is 19.3. The molecule has 3 aromatic rings. The van der Waals surface area contributed by atoms with E-state index in [0.29, 0.717) is 0 Å². The second-order valence-corrected chi connectivity index (χ2v) is 9.35. The maximum atomic E-state index is 3.37. The van der Waals surface area contributed by atoms with Crippen molar-refractivity contribution in [2.75, 3.05) is 0 Å². The van der Waals surface area contributed by atoms with Crippen molar-refractivity contribution in [2.24, 2.45) is 5.92 Å². The predicted molar refractivity (Wildman–Crippen MR) is 135 cm³/mol. The Morgan fingerprint density at radius 3 is 2.13 bits per heavy atom. The summed E-state index contributed by atoms with van der Waals surface area (Å²) < 4.78 is 0. The molecule has 0 bridgehead atoms. The maximum absolute atomic E-state index is 3.37. The Morgan fingerprint density at radius 1 is 0.710 bits per heavy atom. The van der Waals surface area contributed by atoms with Crippen LogP contribution in [0.4, 0.5) is 0 Å². The first-order valence-corrected chi connectivity index (χ1v) is 12.4. The SMILES string of the molecule is CCCCCc1ccc2cc(C#Cc3ccc(C4CCC(CC)CC4)cc3)ccc2c1. The molecule has 0 atom stereocenters. The molecular weight excluding hydrogens is 372 g/mol. The molecule has 3 aromatic carbocycles. The van der Waals surface area contributed by atoms with E-state index >= 15 is 0 Å². The zero-order chi connectivity index (χ0) is 21.5. The third-order valence-electron chi connectivity index (χ3n) is 7.13. The molecule has 31 heavy (non-hydrogen) atoms. The summed E-state index contributed by atoms with van der Waals surface area (Å²) in [5, 5.41) is 2.60. The third-order valence-corrected chi connectivity index (χ3v) is 7.13. The van der Waals surface area contributed by atoms with Gasteiger partial charge in [-0.3, -0.25) is 0 Å². The molecular formula is C31H36. The minimum absolute atomic E-state index is 0.747. The second-order valence-electron chi connectivity index (χ2n) is 9.35. The molecule has 0 heteroatoms. The Morgan fingerprint density at radius 2 is 1.39 bits per heavy atom. The molecule has 1 aliphatic carbocycles. The molecule has 0 aliphatic heterocycles. The van der Waals surface area contributed by atoms with E-state index in [1.807, 2.05) is 0 Å². The quantitative estimate of drug-likeness (QED) is 0.283. The lowest BCUT2D eigenvalue weighted by Gasteiger charge is -2.28. The molecule has 4 rings (SSSR count). The Balaban J connectivity index is 1.41. The molecule has 0 radical (unpaired) electrons. The van der Waals surface area contributed by atoms with Crippen LogP contribution in [0.25, 0.3) is 10.8 Å². The Labute approximate surface area is 189 Å². The largest absolute Gasteiger partial charge is 0.0654 e. The van der Waals surface area contributed by atoms with Crippen LogP contribution in [0, 0.1) is 17.8 Å². The van der Waals surface area contributed by atoms with Crippen LogP contribution in [-0.4, -0.2) is 0 Å². The van der Waals surface area contributed by atoms with Gasteiger partial charge in [0.2, 0.25) is 0 Å². The number of unbranched alkanes of at least 4 members (excludes halogenated alkanes) is 2. The van der Waals surface area contributed by atoms with E-state index in [1.165, 1.54) is 79.7 Å². The highest BCUT2D eigenvalue weighted by molar-refractivity contribution is 5.84. The average molecular weight is 409 g/mol. The van der Waals surface area contributed by atoms with Gasteiger partial charge in [-0.25, -0.2) is 0 Å². The standard InChI is InChI=1S/C31H36/c1-3-5-6-7-26-14-20-31-23-27(15-21-30(31)22-26)9-8-25-12-18-29(19-13-25)28-16-10-24(4-2)11-17-28/h12-15,18-24,28H,3-7,10-11,16-17H2,1-2H3. The maximum Gasteiger partial charge on any atom is 0.0255 e. The van der Waals surface area contributed by atoms with Gasteiger partial charge in [-0.05, 0) is 96.5 Å². The third kappa shape index (κ3) is 5.80. The van der Waals surface area contributed by atoms with Gasteiger partial charge in [0.25, 0.3) is 0 Å². The molecule has 1 fully saturated rings. The summed E-state index contributed by atoms with van der Waals surface area (Å²) in [5.74, 6) is 8.44. The molecule has 0 saturated heterocycles. The lowest BCUT2D eigenvalue weighted by atomic mass is 9.78. The summed E-state index contributed by atoms with van der Waals surface area (Å²) in [5.41, 5.74) is 5.15. The lowest BCUT2D eigenvalue weighted by molar-refractivity contribution is 0.319. The van der Waals surface area contributed by atoms with Gasteiger partial charge in [-0.15, -0.1) is 0 Å². The molecule has 160 valence electrons. The van der Waals surface area contributed by atoms with E-state index in [-0.39, 0.29) is 0 Å². The fourth-order valence-corrected chi connectivity index (χ4v) is 4.99. The van der Waals surface area contributed by atoms with Gasteiger partial charge >= 0.3 is 0 Å². The summed E-state index contributed by atoms with van der Waals surface area (Å²) in [6.07, 6.45) is 11.9. The molecule has 0 aromatic heterocycles. The Kier molecular flexibility index (Phi) is 7.48. The van der Waals surface area contributed by atoms with Crippen LogP contribution in [-0.2, 0) is 6.42 Å². The number of fused-ring (bicyclic) bond motifs is 1. The normalized spacial score (nSPS) is 18.5. The Bertz CT molecular complexity index is 1040. The number of benzene rings is 3. The van der Waals surface area contributed by atoms with Gasteiger partial charge < -0.3 is 0 Å². The van der Waals surface area contributed by atoms with E-state index in [9.17, 15) is 0 Å². The van der Waals surface area contributed by atoms with Crippen molar-refractivity contribution >= 4 is 10.8 Å². The van der Waals surface area contributed by atoms with Crippen LogP contribution in [0.2, 0.25) is 0 Å². The van der Waals surface area contributed by atoms with Crippen molar-refractivity contribution in [1.82, 2.24) is 0 Å². The second kappa shape index (κ2) is 10.7. The van der Waals surface area contributed by atoms with Gasteiger partial charge in [-0.1, -0.05) is 81.3 Å². The lowest BCUT2D eigenvalue weighted by Crippen LogP contribution is -2.12. The van der Waals surface area contributed by atoms with Crippen LogP contribution in [0.1, 0.15) is 93.4 Å².